The highest BCUT2D eigenvalue weighted by Gasteiger charge is 2.02. The Morgan fingerprint density at radius 1 is 1.41 bits per heavy atom. The molecule has 0 amide bonds. The Hall–Kier alpha value is -2.15. The molecular formula is C13H17N3O. The minimum atomic E-state index is 0.450. The number of nitrogens with zero attached hydrogens (tertiary/aromatic N) is 1. The quantitative estimate of drug-likeness (QED) is 0.461. The minimum absolute atomic E-state index is 0.450. The van der Waals surface area contributed by atoms with Crippen LogP contribution in [0.25, 0.3) is 0 Å². The molecule has 90 valence electrons. The van der Waals surface area contributed by atoms with Crippen molar-refractivity contribution in [1.82, 2.24) is 10.6 Å². The number of methoxy groups -OCH3 is 1. The van der Waals surface area contributed by atoms with E-state index in [0.29, 0.717) is 19.0 Å². The molecule has 0 bridgehead atoms. The van der Waals surface area contributed by atoms with Gasteiger partial charge in [-0.3, -0.25) is 4.99 Å². The van der Waals surface area contributed by atoms with Crippen molar-refractivity contribution in [3.8, 4) is 18.1 Å². The Bertz CT molecular complexity index is 421. The average Bonchev–Trinajstić information content (AvgIpc) is 2.39. The highest BCUT2D eigenvalue weighted by atomic mass is 16.5. The molecule has 0 aromatic heterocycles. The van der Waals surface area contributed by atoms with Crippen LogP contribution in [0.4, 0.5) is 0 Å². The molecule has 0 saturated carbocycles. The lowest BCUT2D eigenvalue weighted by Crippen LogP contribution is -2.36. The first-order chi connectivity index (χ1) is 8.31. The monoisotopic (exact) mass is 231 g/mol. The Morgan fingerprint density at radius 3 is 2.82 bits per heavy atom. The number of para-hydroxylation sites is 1. The average molecular weight is 231 g/mol. The van der Waals surface area contributed by atoms with Crippen molar-refractivity contribution >= 4 is 5.96 Å². The summed E-state index contributed by atoms with van der Waals surface area (Å²) in [6.07, 6.45) is 5.17. The van der Waals surface area contributed by atoms with Crippen LogP contribution in [-0.2, 0) is 6.54 Å². The van der Waals surface area contributed by atoms with Crippen LogP contribution in [0.5, 0.6) is 5.75 Å². The first-order valence-corrected chi connectivity index (χ1v) is 5.31. The van der Waals surface area contributed by atoms with Gasteiger partial charge in [0.1, 0.15) is 5.75 Å². The highest BCUT2D eigenvalue weighted by Crippen LogP contribution is 2.16. The first kappa shape index (κ1) is 12.9. The number of guanidine groups is 1. The number of aliphatic imine (C=N–C) groups is 1. The molecule has 0 aliphatic heterocycles. The van der Waals surface area contributed by atoms with Crippen LogP contribution in [0.2, 0.25) is 0 Å². The Labute approximate surface area is 102 Å². The highest BCUT2D eigenvalue weighted by molar-refractivity contribution is 5.79. The first-order valence-electron chi connectivity index (χ1n) is 5.31. The van der Waals surface area contributed by atoms with E-state index in [0.717, 1.165) is 11.3 Å². The van der Waals surface area contributed by atoms with E-state index in [4.69, 9.17) is 11.2 Å². The number of hydrogen-bond donors (Lipinski definition) is 2. The van der Waals surface area contributed by atoms with Crippen molar-refractivity contribution < 1.29 is 4.74 Å². The van der Waals surface area contributed by atoms with Crippen LogP contribution in [0.1, 0.15) is 5.56 Å². The fourth-order valence-electron chi connectivity index (χ4n) is 1.38. The van der Waals surface area contributed by atoms with Gasteiger partial charge in [-0.1, -0.05) is 24.1 Å². The maximum Gasteiger partial charge on any atom is 0.192 e. The molecule has 0 spiro atoms. The van der Waals surface area contributed by atoms with Crippen molar-refractivity contribution in [3.05, 3.63) is 29.8 Å². The Balaban J connectivity index is 2.57. The molecule has 0 saturated heterocycles. The topological polar surface area (TPSA) is 45.7 Å². The van der Waals surface area contributed by atoms with Crippen LogP contribution in [0.3, 0.4) is 0 Å². The molecule has 1 aromatic carbocycles. The lowest BCUT2D eigenvalue weighted by Gasteiger charge is -2.12. The summed E-state index contributed by atoms with van der Waals surface area (Å²) in [4.78, 5) is 4.05. The third kappa shape index (κ3) is 4.07. The molecule has 1 aromatic rings. The van der Waals surface area contributed by atoms with Gasteiger partial charge in [0.25, 0.3) is 0 Å². The second-order valence-corrected chi connectivity index (χ2v) is 3.30. The molecule has 0 unspecified atom stereocenters. The molecule has 0 fully saturated rings. The summed E-state index contributed by atoms with van der Waals surface area (Å²) in [7, 11) is 3.36. The van der Waals surface area contributed by atoms with Gasteiger partial charge < -0.3 is 15.4 Å². The van der Waals surface area contributed by atoms with Gasteiger partial charge in [-0.2, -0.15) is 0 Å². The normalized spacial score (nSPS) is 10.5. The summed E-state index contributed by atoms with van der Waals surface area (Å²) in [5.74, 6) is 4.03. The molecule has 1 rings (SSSR count). The van der Waals surface area contributed by atoms with Gasteiger partial charge >= 0.3 is 0 Å². The fraction of sp³-hybridized carbons (Fsp3) is 0.308. The van der Waals surface area contributed by atoms with Crippen molar-refractivity contribution in [2.75, 3.05) is 20.7 Å². The standard InChI is InChI=1S/C13H17N3O/c1-4-9-15-13(14-2)16-10-11-7-5-6-8-12(11)17-3/h1,5-8H,9-10H2,2-3H3,(H2,14,15,16). The van der Waals surface area contributed by atoms with Gasteiger partial charge in [0.05, 0.1) is 13.7 Å². The zero-order valence-electron chi connectivity index (χ0n) is 10.2. The third-order valence-electron chi connectivity index (χ3n) is 2.22. The zero-order valence-corrected chi connectivity index (χ0v) is 10.2. The van der Waals surface area contributed by atoms with Crippen molar-refractivity contribution in [1.29, 1.82) is 0 Å². The summed E-state index contributed by atoms with van der Waals surface area (Å²) < 4.78 is 5.26. The van der Waals surface area contributed by atoms with E-state index in [1.54, 1.807) is 14.2 Å². The maximum absolute atomic E-state index is 5.26. The van der Waals surface area contributed by atoms with Gasteiger partial charge in [0.15, 0.2) is 5.96 Å². The van der Waals surface area contributed by atoms with E-state index < -0.39 is 0 Å². The molecule has 0 radical (unpaired) electrons. The van der Waals surface area contributed by atoms with E-state index in [1.165, 1.54) is 0 Å². The lowest BCUT2D eigenvalue weighted by molar-refractivity contribution is 0.409. The number of rotatable bonds is 4. The van der Waals surface area contributed by atoms with Crippen LogP contribution in [0.15, 0.2) is 29.3 Å². The molecule has 17 heavy (non-hydrogen) atoms. The second kappa shape index (κ2) is 7.18. The molecule has 0 heterocycles. The Morgan fingerprint density at radius 2 is 2.18 bits per heavy atom. The lowest BCUT2D eigenvalue weighted by atomic mass is 10.2. The van der Waals surface area contributed by atoms with Crippen LogP contribution >= 0.6 is 0 Å². The van der Waals surface area contributed by atoms with Gasteiger partial charge in [0, 0.05) is 19.2 Å². The molecule has 2 N–H and O–H groups in total. The summed E-state index contributed by atoms with van der Waals surface area (Å²) in [5.41, 5.74) is 1.07. The van der Waals surface area contributed by atoms with Gasteiger partial charge in [-0.05, 0) is 6.07 Å². The molecule has 4 nitrogen and oxygen atoms in total. The van der Waals surface area contributed by atoms with Crippen LogP contribution < -0.4 is 15.4 Å². The molecule has 0 aliphatic rings. The number of ether oxygens (including phenoxy) is 1. The van der Waals surface area contributed by atoms with Crippen molar-refractivity contribution in [2.24, 2.45) is 4.99 Å². The number of benzene rings is 1. The number of terminal acetylenes is 1. The molecular weight excluding hydrogens is 214 g/mol. The van der Waals surface area contributed by atoms with Crippen molar-refractivity contribution in [2.45, 2.75) is 6.54 Å². The fourth-order valence-corrected chi connectivity index (χ4v) is 1.38. The van der Waals surface area contributed by atoms with Crippen molar-refractivity contribution in [3.63, 3.8) is 0 Å². The third-order valence-corrected chi connectivity index (χ3v) is 2.22. The molecule has 0 atom stereocenters. The van der Waals surface area contributed by atoms with E-state index in [-0.39, 0.29) is 0 Å². The van der Waals surface area contributed by atoms with Gasteiger partial charge in [-0.15, -0.1) is 6.42 Å². The zero-order chi connectivity index (χ0) is 12.5. The maximum atomic E-state index is 5.26. The van der Waals surface area contributed by atoms with Gasteiger partial charge in [0.2, 0.25) is 0 Å². The minimum Gasteiger partial charge on any atom is -0.496 e. The number of hydrogen-bond acceptors (Lipinski definition) is 2. The summed E-state index contributed by atoms with van der Waals surface area (Å²) >= 11 is 0. The summed E-state index contributed by atoms with van der Waals surface area (Å²) in [6, 6.07) is 7.83. The second-order valence-electron chi connectivity index (χ2n) is 3.30. The summed E-state index contributed by atoms with van der Waals surface area (Å²) in [5, 5.41) is 6.15. The van der Waals surface area contributed by atoms with E-state index in [9.17, 15) is 0 Å². The molecule has 4 heteroatoms. The van der Waals surface area contributed by atoms with E-state index in [2.05, 4.69) is 21.5 Å². The number of nitrogens with one attached hydrogen (secondary N) is 2. The summed E-state index contributed by atoms with van der Waals surface area (Å²) in [6.45, 7) is 1.08. The van der Waals surface area contributed by atoms with Crippen LogP contribution in [-0.4, -0.2) is 26.7 Å². The Kier molecular flexibility index (Phi) is 5.45. The molecule has 0 aliphatic carbocycles. The van der Waals surface area contributed by atoms with Crippen LogP contribution in [0, 0.1) is 12.3 Å². The van der Waals surface area contributed by atoms with E-state index in [1.807, 2.05) is 24.3 Å². The predicted molar refractivity (Wildman–Crippen MR) is 70.0 cm³/mol. The largest absolute Gasteiger partial charge is 0.496 e. The van der Waals surface area contributed by atoms with E-state index >= 15 is 0 Å². The predicted octanol–water partition coefficient (Wildman–Crippen LogP) is 0.993. The van der Waals surface area contributed by atoms with Gasteiger partial charge in [-0.25, -0.2) is 0 Å². The SMILES string of the molecule is C#CCNC(=NC)NCc1ccccc1OC. The smallest absolute Gasteiger partial charge is 0.192 e.